The maximum absolute atomic E-state index is 14.6. The van der Waals surface area contributed by atoms with E-state index in [1.807, 2.05) is 37.3 Å². The average Bonchev–Trinajstić information content (AvgIpc) is 3.41. The number of carbonyl (C=O) groups is 2. The van der Waals surface area contributed by atoms with Crippen molar-refractivity contribution in [3.8, 4) is 11.5 Å². The van der Waals surface area contributed by atoms with Crippen molar-refractivity contribution in [3.63, 3.8) is 0 Å². The lowest BCUT2D eigenvalue weighted by atomic mass is 10.0. The third-order valence-electron chi connectivity index (χ3n) is 8.95. The number of fused-ring (bicyclic) bond motifs is 1. The largest absolute Gasteiger partial charge is 0.508 e. The molecule has 2 aliphatic rings. The minimum atomic E-state index is -2.11. The fraction of sp³-hybridized carbons (Fsp3) is 0.231. The maximum atomic E-state index is 14.6. The molecule has 0 radical (unpaired) electrons. The Bertz CT molecular complexity index is 2400. The van der Waals surface area contributed by atoms with Crippen molar-refractivity contribution >= 4 is 105 Å². The Morgan fingerprint density at radius 1 is 0.931 bits per heavy atom. The second-order valence-corrected chi connectivity index (χ2v) is 35.6. The number of benzene rings is 4. The van der Waals surface area contributed by atoms with Gasteiger partial charge in [-0.2, -0.15) is 0 Å². The normalized spacial score (nSPS) is 20.2. The van der Waals surface area contributed by atoms with Crippen LogP contribution in [0, 0.1) is 15.9 Å². The number of phenols is 1. The van der Waals surface area contributed by atoms with Gasteiger partial charge in [0.05, 0.1) is 28.5 Å². The highest BCUT2D eigenvalue weighted by atomic mass is 33.7. The second-order valence-electron chi connectivity index (χ2n) is 13.0. The molecule has 0 aromatic heterocycles. The van der Waals surface area contributed by atoms with Crippen molar-refractivity contribution in [2.45, 2.75) is 37.2 Å². The number of esters is 2. The summed E-state index contributed by atoms with van der Waals surface area (Å²) in [6, 6.07) is 25.2. The van der Waals surface area contributed by atoms with Crippen LogP contribution in [-0.2, 0) is 58.3 Å². The van der Waals surface area contributed by atoms with Gasteiger partial charge in [0.15, 0.2) is 0 Å². The lowest BCUT2D eigenvalue weighted by Gasteiger charge is -2.40. The molecule has 1 aliphatic carbocycles. The van der Waals surface area contributed by atoms with Gasteiger partial charge in [0.2, 0.25) is 6.10 Å². The number of aromatic hydroxyl groups is 1. The van der Waals surface area contributed by atoms with Crippen molar-refractivity contribution < 1.29 is 47.4 Å². The first-order valence-corrected chi connectivity index (χ1v) is 28.8. The molecule has 304 valence electrons. The summed E-state index contributed by atoms with van der Waals surface area (Å²) in [6.07, 6.45) is 2.42. The van der Waals surface area contributed by atoms with Gasteiger partial charge >= 0.3 is 11.9 Å². The van der Waals surface area contributed by atoms with E-state index in [2.05, 4.69) is 4.84 Å². The first-order chi connectivity index (χ1) is 27.6. The zero-order chi connectivity index (χ0) is 41.6. The van der Waals surface area contributed by atoms with Gasteiger partial charge in [-0.05, 0) is 132 Å². The zero-order valence-electron chi connectivity index (χ0n) is 30.9. The van der Waals surface area contributed by atoms with E-state index in [9.17, 15) is 33.4 Å². The van der Waals surface area contributed by atoms with Crippen LogP contribution in [0.25, 0.3) is 17.2 Å². The summed E-state index contributed by atoms with van der Waals surface area (Å²) in [5.74, 6) is -1.80. The molecule has 0 spiro atoms. The summed E-state index contributed by atoms with van der Waals surface area (Å²) >= 11 is 15.2. The number of unbranched alkanes of at least 4 members (excludes halogenated alkanes) is 1. The highest BCUT2D eigenvalue weighted by molar-refractivity contribution is 9.48. The van der Waals surface area contributed by atoms with Crippen LogP contribution >= 0.6 is 30.9 Å². The second kappa shape index (κ2) is 19.2. The van der Waals surface area contributed by atoms with E-state index in [1.165, 1.54) is 12.1 Å². The SMILES string of the molecule is CC1=C(CC(=O)OC(COCCCCO[N+](=O)[O-])C(=O)Oc2ccc(P3(=S)SP(=S)(c4ccc(O)cc4)S3)cc2)c2cc(F)ccc2C1=Cc1ccc(S(C)=O)cc1. The Hall–Kier alpha value is -3.66. The van der Waals surface area contributed by atoms with E-state index in [-0.39, 0.29) is 37.7 Å². The molecule has 4 aromatic rings. The van der Waals surface area contributed by atoms with Gasteiger partial charge in [-0.1, -0.05) is 63.8 Å². The highest BCUT2D eigenvalue weighted by Crippen LogP contribution is 3.04. The molecule has 0 saturated carbocycles. The van der Waals surface area contributed by atoms with Crippen LogP contribution in [-0.4, -0.2) is 58.5 Å². The van der Waals surface area contributed by atoms with E-state index in [4.69, 9.17) is 37.8 Å². The van der Waals surface area contributed by atoms with Gasteiger partial charge in [0.1, 0.15) is 17.3 Å². The van der Waals surface area contributed by atoms with E-state index < -0.39 is 48.6 Å². The molecule has 1 saturated heterocycles. The number of rotatable bonds is 17. The molecule has 1 aliphatic heterocycles. The number of halogens is 1. The van der Waals surface area contributed by atoms with Crippen LogP contribution in [0.2, 0.25) is 0 Å². The molecule has 2 atom stereocenters. The van der Waals surface area contributed by atoms with Gasteiger partial charge in [-0.25, -0.2) is 9.18 Å². The van der Waals surface area contributed by atoms with Crippen molar-refractivity contribution in [2.75, 3.05) is 26.1 Å². The number of hydrogen-bond donors (Lipinski definition) is 1. The summed E-state index contributed by atoms with van der Waals surface area (Å²) in [5.41, 5.74) is 4.07. The number of hydrogen-bond acceptors (Lipinski definition) is 14. The monoisotopic (exact) mass is 919 g/mol. The van der Waals surface area contributed by atoms with Crippen LogP contribution in [0.5, 0.6) is 11.5 Å². The number of nitrogens with zero attached hydrogens (tertiary/aromatic N) is 1. The minimum absolute atomic E-state index is 0.0917. The predicted octanol–water partition coefficient (Wildman–Crippen LogP) is 8.56. The standard InChI is InChI=1S/C39H36FNO10P2S5/c1-25-34(21-26-5-16-32(17-6-26)58(2)47)33-18-7-27(40)22-36(33)35(25)23-38(43)51-37(24-48-19-3-4-20-49-41(45)46)39(44)50-29-10-14-31(15-11-29)53(55)56-52(54,57-53)30-12-8-28(42)9-13-30/h5-18,21-22,37,42H,3-4,19-20,23-24H2,1-2H3. The van der Waals surface area contributed by atoms with Gasteiger partial charge in [-0.15, -0.1) is 10.1 Å². The smallest absolute Gasteiger partial charge is 0.355 e. The molecule has 4 aromatic carbocycles. The Kier molecular flexibility index (Phi) is 14.5. The molecule has 0 bridgehead atoms. The van der Waals surface area contributed by atoms with Crippen LogP contribution in [0.15, 0.2) is 101 Å². The minimum Gasteiger partial charge on any atom is -0.508 e. The number of carbonyl (C=O) groups excluding carboxylic acids is 2. The molecule has 58 heavy (non-hydrogen) atoms. The molecule has 0 amide bonds. The van der Waals surface area contributed by atoms with Crippen molar-refractivity contribution in [3.05, 3.63) is 129 Å². The zero-order valence-corrected chi connectivity index (χ0v) is 36.8. The lowest BCUT2D eigenvalue weighted by molar-refractivity contribution is -0.757. The van der Waals surface area contributed by atoms with Gasteiger partial charge in [0, 0.05) is 39.2 Å². The van der Waals surface area contributed by atoms with Crippen molar-refractivity contribution in [1.82, 2.24) is 0 Å². The van der Waals surface area contributed by atoms with Crippen LogP contribution in [0.3, 0.4) is 0 Å². The summed E-state index contributed by atoms with van der Waals surface area (Å²) < 4.78 is 39.4. The Morgan fingerprint density at radius 2 is 1.55 bits per heavy atom. The maximum Gasteiger partial charge on any atom is 0.355 e. The summed E-state index contributed by atoms with van der Waals surface area (Å²) in [4.78, 5) is 42.6. The van der Waals surface area contributed by atoms with E-state index in [0.717, 1.165) is 32.9 Å². The molecule has 19 heteroatoms. The first kappa shape index (κ1) is 43.9. The number of allylic oxidation sites excluding steroid dienone is 2. The molecule has 11 nitrogen and oxygen atoms in total. The highest BCUT2D eigenvalue weighted by Gasteiger charge is 2.46. The first-order valence-electron chi connectivity index (χ1n) is 17.6. The van der Waals surface area contributed by atoms with E-state index >= 15 is 0 Å². The quantitative estimate of drug-likeness (QED) is 0.0269. The lowest BCUT2D eigenvalue weighted by Crippen LogP contribution is -2.35. The summed E-state index contributed by atoms with van der Waals surface area (Å²) in [7, 11) is -1.14. The summed E-state index contributed by atoms with van der Waals surface area (Å²) in [5, 5.41) is 21.1. The molecule has 1 N–H and O–H groups in total. The average molecular weight is 920 g/mol. The molecule has 1 fully saturated rings. The summed E-state index contributed by atoms with van der Waals surface area (Å²) in [6.45, 7) is 1.43. The van der Waals surface area contributed by atoms with Gasteiger partial charge in [-0.3, -0.25) is 9.00 Å². The van der Waals surface area contributed by atoms with E-state index in [1.54, 1.807) is 82.9 Å². The third kappa shape index (κ3) is 10.7. The Balaban J connectivity index is 1.15. The molecule has 6 rings (SSSR count). The molecular weight excluding hydrogens is 884 g/mol. The fourth-order valence-electron chi connectivity index (χ4n) is 6.03. The van der Waals surface area contributed by atoms with Gasteiger partial charge in [0.25, 0.3) is 5.09 Å². The van der Waals surface area contributed by atoms with Crippen molar-refractivity contribution in [2.24, 2.45) is 0 Å². The van der Waals surface area contributed by atoms with Crippen LogP contribution in [0.4, 0.5) is 4.39 Å². The van der Waals surface area contributed by atoms with E-state index in [0.29, 0.717) is 28.9 Å². The Labute approximate surface area is 354 Å². The van der Waals surface area contributed by atoms with Crippen molar-refractivity contribution in [1.29, 1.82) is 0 Å². The predicted molar refractivity (Wildman–Crippen MR) is 236 cm³/mol. The van der Waals surface area contributed by atoms with Gasteiger partial charge < -0.3 is 24.2 Å². The molecule has 1 heterocycles. The fourth-order valence-corrected chi connectivity index (χ4v) is 48.8. The topological polar surface area (TPSA) is 152 Å². The Morgan fingerprint density at radius 3 is 2.17 bits per heavy atom. The number of ether oxygens (including phenoxy) is 3. The number of phenolic OH excluding ortho intramolecular Hbond substituents is 1. The van der Waals surface area contributed by atoms with Crippen LogP contribution < -0.4 is 15.3 Å². The molecular formula is C39H36FNO10P2S5. The molecule has 2 unspecified atom stereocenters. The third-order valence-corrected chi connectivity index (χ3v) is 41.1. The van der Waals surface area contributed by atoms with Crippen LogP contribution in [0.1, 0.15) is 42.9 Å².